The second-order valence-electron chi connectivity index (χ2n) is 3.77. The van der Waals surface area contributed by atoms with Crippen LogP contribution in [0.2, 0.25) is 0 Å². The first-order valence-corrected chi connectivity index (χ1v) is 5.53. The largest absolute Gasteiger partial charge is 0.465 e. The average molecular weight is 218 g/mol. The van der Waals surface area contributed by atoms with E-state index in [0.717, 1.165) is 12.0 Å². The van der Waals surface area contributed by atoms with Gasteiger partial charge in [0.15, 0.2) is 0 Å². The fourth-order valence-corrected chi connectivity index (χ4v) is 1.28. The Hall–Kier alpha value is -1.57. The van der Waals surface area contributed by atoms with Gasteiger partial charge >= 0.3 is 5.97 Å². The maximum atomic E-state index is 11.4. The zero-order valence-corrected chi connectivity index (χ0v) is 9.90. The van der Waals surface area contributed by atoms with Crippen molar-refractivity contribution in [2.45, 2.75) is 26.7 Å². The highest BCUT2D eigenvalue weighted by atomic mass is 16.5. The molecule has 0 fully saturated rings. The topological polar surface area (TPSA) is 26.3 Å². The quantitative estimate of drug-likeness (QED) is 0.560. The molecule has 2 nitrogen and oxygen atoms in total. The molecule has 1 aromatic carbocycles. The van der Waals surface area contributed by atoms with Gasteiger partial charge in [0.2, 0.25) is 0 Å². The molecule has 0 aromatic heterocycles. The van der Waals surface area contributed by atoms with Gasteiger partial charge in [0.25, 0.3) is 0 Å². The first kappa shape index (κ1) is 12.5. The molecule has 0 unspecified atom stereocenters. The molecule has 0 radical (unpaired) electrons. The lowest BCUT2D eigenvalue weighted by Gasteiger charge is -2.04. The van der Waals surface area contributed by atoms with Crippen LogP contribution in [0.25, 0.3) is 0 Å². The third-order valence-corrected chi connectivity index (χ3v) is 2.44. The van der Waals surface area contributed by atoms with Crippen LogP contribution >= 0.6 is 0 Å². The number of hydrogen-bond acceptors (Lipinski definition) is 2. The maximum Gasteiger partial charge on any atom is 0.310 e. The highest BCUT2D eigenvalue weighted by Crippen LogP contribution is 2.03. The predicted molar refractivity (Wildman–Crippen MR) is 65.2 cm³/mol. The van der Waals surface area contributed by atoms with Crippen LogP contribution in [-0.4, -0.2) is 12.6 Å². The van der Waals surface area contributed by atoms with Crippen LogP contribution in [0.3, 0.4) is 0 Å². The number of hydrogen-bond donors (Lipinski definition) is 0. The molecule has 86 valence electrons. The molecule has 0 amide bonds. The van der Waals surface area contributed by atoms with Gasteiger partial charge in [0, 0.05) is 6.42 Å². The molecule has 0 N–H and O–H groups in total. The molecular formula is C14H18O2. The molecule has 0 spiro atoms. The monoisotopic (exact) mass is 218 g/mol. The van der Waals surface area contributed by atoms with Crippen molar-refractivity contribution < 1.29 is 9.53 Å². The van der Waals surface area contributed by atoms with Crippen molar-refractivity contribution in [3.8, 4) is 0 Å². The molecule has 1 aromatic rings. The van der Waals surface area contributed by atoms with E-state index in [-0.39, 0.29) is 5.97 Å². The molecular weight excluding hydrogens is 200 g/mol. The van der Waals surface area contributed by atoms with Crippen molar-refractivity contribution in [1.82, 2.24) is 0 Å². The molecule has 0 atom stereocenters. The minimum atomic E-state index is -0.157. The Morgan fingerprint density at radius 3 is 2.62 bits per heavy atom. The summed E-state index contributed by atoms with van der Waals surface area (Å²) in [7, 11) is 0. The molecule has 0 saturated heterocycles. The molecule has 0 aliphatic rings. The Balaban J connectivity index is 2.27. The fraction of sp³-hybridized carbons (Fsp3) is 0.357. The van der Waals surface area contributed by atoms with Crippen molar-refractivity contribution in [2.24, 2.45) is 0 Å². The second kappa shape index (κ2) is 6.83. The van der Waals surface area contributed by atoms with Crippen molar-refractivity contribution in [3.63, 3.8) is 0 Å². The maximum absolute atomic E-state index is 11.4. The van der Waals surface area contributed by atoms with Crippen molar-refractivity contribution in [1.29, 1.82) is 0 Å². The van der Waals surface area contributed by atoms with Gasteiger partial charge in [-0.25, -0.2) is 0 Å². The van der Waals surface area contributed by atoms with Gasteiger partial charge in [0.1, 0.15) is 0 Å². The molecule has 16 heavy (non-hydrogen) atoms. The van der Waals surface area contributed by atoms with E-state index in [0.29, 0.717) is 13.0 Å². The van der Waals surface area contributed by atoms with Crippen molar-refractivity contribution >= 4 is 5.97 Å². The van der Waals surface area contributed by atoms with Gasteiger partial charge in [-0.15, -0.1) is 0 Å². The fourth-order valence-electron chi connectivity index (χ4n) is 1.28. The van der Waals surface area contributed by atoms with E-state index >= 15 is 0 Å². The van der Waals surface area contributed by atoms with E-state index in [2.05, 4.69) is 0 Å². The third-order valence-electron chi connectivity index (χ3n) is 2.44. The summed E-state index contributed by atoms with van der Waals surface area (Å²) in [5, 5.41) is 0. The summed E-state index contributed by atoms with van der Waals surface area (Å²) in [6, 6.07) is 9.64. The van der Waals surface area contributed by atoms with Crippen LogP contribution in [0.15, 0.2) is 42.0 Å². The van der Waals surface area contributed by atoms with Crippen LogP contribution in [0.5, 0.6) is 0 Å². The minimum absolute atomic E-state index is 0.157. The molecule has 0 aliphatic heterocycles. The number of ether oxygens (including phenoxy) is 1. The standard InChI is InChI=1S/C14H18O2/c1-3-12(2)9-10-16-14(15)11-13-7-5-4-6-8-13/h3-8H,9-11H2,1-2H3/b12-3+. The van der Waals surface area contributed by atoms with Gasteiger partial charge in [-0.3, -0.25) is 4.79 Å². The van der Waals surface area contributed by atoms with E-state index in [1.807, 2.05) is 50.3 Å². The van der Waals surface area contributed by atoms with Gasteiger partial charge in [-0.05, 0) is 19.4 Å². The summed E-state index contributed by atoms with van der Waals surface area (Å²) in [5.74, 6) is -0.157. The van der Waals surface area contributed by atoms with E-state index in [9.17, 15) is 4.79 Å². The number of carbonyl (C=O) groups is 1. The van der Waals surface area contributed by atoms with Crippen molar-refractivity contribution in [3.05, 3.63) is 47.5 Å². The Kier molecular flexibility index (Phi) is 5.34. The number of carbonyl (C=O) groups excluding carboxylic acids is 1. The first-order valence-electron chi connectivity index (χ1n) is 5.53. The summed E-state index contributed by atoms with van der Waals surface area (Å²) in [6.07, 6.45) is 3.21. The lowest BCUT2D eigenvalue weighted by atomic mass is 10.1. The molecule has 0 aliphatic carbocycles. The van der Waals surface area contributed by atoms with E-state index in [1.165, 1.54) is 5.57 Å². The third kappa shape index (κ3) is 4.78. The average Bonchev–Trinajstić information content (AvgIpc) is 2.30. The zero-order chi connectivity index (χ0) is 11.8. The minimum Gasteiger partial charge on any atom is -0.465 e. The second-order valence-corrected chi connectivity index (χ2v) is 3.77. The molecule has 2 heteroatoms. The van der Waals surface area contributed by atoms with E-state index in [4.69, 9.17) is 4.74 Å². The van der Waals surface area contributed by atoms with Crippen molar-refractivity contribution in [2.75, 3.05) is 6.61 Å². The van der Waals surface area contributed by atoms with Crippen LogP contribution in [0.4, 0.5) is 0 Å². The lowest BCUT2D eigenvalue weighted by Crippen LogP contribution is -2.09. The molecule has 1 rings (SSSR count). The smallest absolute Gasteiger partial charge is 0.310 e. The molecule has 0 saturated carbocycles. The zero-order valence-electron chi connectivity index (χ0n) is 9.90. The van der Waals surface area contributed by atoms with Gasteiger partial charge < -0.3 is 4.74 Å². The Labute approximate surface area is 96.9 Å². The molecule has 0 heterocycles. The van der Waals surface area contributed by atoms with Gasteiger partial charge in [-0.1, -0.05) is 42.0 Å². The number of rotatable bonds is 5. The van der Waals surface area contributed by atoms with Gasteiger partial charge in [0.05, 0.1) is 13.0 Å². The normalized spacial score (nSPS) is 11.2. The molecule has 0 bridgehead atoms. The summed E-state index contributed by atoms with van der Waals surface area (Å²) in [5.41, 5.74) is 2.24. The highest BCUT2D eigenvalue weighted by Gasteiger charge is 2.03. The van der Waals surface area contributed by atoms with Gasteiger partial charge in [-0.2, -0.15) is 0 Å². The highest BCUT2D eigenvalue weighted by molar-refractivity contribution is 5.72. The van der Waals surface area contributed by atoms with E-state index in [1.54, 1.807) is 0 Å². The first-order chi connectivity index (χ1) is 7.72. The summed E-state index contributed by atoms with van der Waals surface area (Å²) >= 11 is 0. The van der Waals surface area contributed by atoms with Crippen LogP contribution in [0.1, 0.15) is 25.8 Å². The number of benzene rings is 1. The van der Waals surface area contributed by atoms with Crippen LogP contribution < -0.4 is 0 Å². The summed E-state index contributed by atoms with van der Waals surface area (Å²) in [6.45, 7) is 4.49. The summed E-state index contributed by atoms with van der Waals surface area (Å²) in [4.78, 5) is 11.4. The Morgan fingerprint density at radius 2 is 2.00 bits per heavy atom. The van der Waals surface area contributed by atoms with Crippen LogP contribution in [0, 0.1) is 0 Å². The van der Waals surface area contributed by atoms with Crippen LogP contribution in [-0.2, 0) is 16.0 Å². The SMILES string of the molecule is C/C=C(\C)CCOC(=O)Cc1ccccc1. The Bertz CT molecular complexity index is 352. The number of allylic oxidation sites excluding steroid dienone is 1. The van der Waals surface area contributed by atoms with E-state index < -0.39 is 0 Å². The lowest BCUT2D eigenvalue weighted by molar-refractivity contribution is -0.142. The Morgan fingerprint density at radius 1 is 1.31 bits per heavy atom. The summed E-state index contributed by atoms with van der Waals surface area (Å²) < 4.78 is 5.14. The number of esters is 1. The predicted octanol–water partition coefficient (Wildman–Crippen LogP) is 3.13.